The highest BCUT2D eigenvalue weighted by Crippen LogP contribution is 2.03. The molecule has 1 rings (SSSR count). The summed E-state index contributed by atoms with van der Waals surface area (Å²) in [4.78, 5) is 0. The predicted octanol–water partition coefficient (Wildman–Crippen LogP) is 1.60. The Hall–Kier alpha value is -0.975. The molecule has 50 valence electrons. The largest absolute Gasteiger partial charge is 0.129 e. The molecule has 0 aliphatic rings. The molecule has 0 spiro atoms. The van der Waals surface area contributed by atoms with Crippen LogP contribution in [0, 0.1) is 6.92 Å². The second-order valence-corrected chi connectivity index (χ2v) is 2.41. The summed E-state index contributed by atoms with van der Waals surface area (Å²) in [6.45, 7) is 2.10. The van der Waals surface area contributed by atoms with Gasteiger partial charge in [0.15, 0.2) is 0 Å². The molecule has 0 unspecified atom stereocenters. The Labute approximate surface area is 63.0 Å². The van der Waals surface area contributed by atoms with E-state index < -0.39 is 0 Å². The summed E-state index contributed by atoms with van der Waals surface area (Å²) in [6, 6.07) is 8.48. The third-order valence-electron chi connectivity index (χ3n) is 1.44. The lowest BCUT2D eigenvalue weighted by Gasteiger charge is -1.92. The first kappa shape index (κ1) is 7.14. The van der Waals surface area contributed by atoms with E-state index in [4.69, 9.17) is 0 Å². The van der Waals surface area contributed by atoms with Gasteiger partial charge in [-0.25, -0.2) is 0 Å². The maximum atomic E-state index is 2.12. The lowest BCUT2D eigenvalue weighted by atomic mass is 10.1. The summed E-state index contributed by atoms with van der Waals surface area (Å²) >= 11 is 0. The molecule has 0 fully saturated rings. The molecule has 1 aromatic carbocycles. The molecule has 10 heavy (non-hydrogen) atoms. The molecular formula is C9H11B. The zero-order valence-electron chi connectivity index (χ0n) is 6.46. The second-order valence-electron chi connectivity index (χ2n) is 2.41. The molecule has 0 radical (unpaired) electrons. The molecule has 0 aromatic heterocycles. The van der Waals surface area contributed by atoms with Crippen LogP contribution in [0.1, 0.15) is 11.1 Å². The van der Waals surface area contributed by atoms with Gasteiger partial charge in [-0.3, -0.25) is 0 Å². The van der Waals surface area contributed by atoms with Crippen LogP contribution in [0.4, 0.5) is 0 Å². The number of aryl methyl sites for hydroxylation is 1. The SMILES string of the molecule is B/C=C/c1ccc(C)cc1. The van der Waals surface area contributed by atoms with Crippen LogP contribution in [0.3, 0.4) is 0 Å². The second kappa shape index (κ2) is 3.26. The fraction of sp³-hybridized carbons (Fsp3) is 0.111. The van der Waals surface area contributed by atoms with Crippen molar-refractivity contribution in [1.29, 1.82) is 0 Å². The average Bonchev–Trinajstić information content (AvgIpc) is 1.95. The van der Waals surface area contributed by atoms with E-state index in [9.17, 15) is 0 Å². The van der Waals surface area contributed by atoms with Crippen molar-refractivity contribution in [2.24, 2.45) is 0 Å². The van der Waals surface area contributed by atoms with Crippen molar-refractivity contribution in [2.75, 3.05) is 0 Å². The molecule has 1 heteroatoms. The van der Waals surface area contributed by atoms with E-state index in [2.05, 4.69) is 37.3 Å². The van der Waals surface area contributed by atoms with Gasteiger partial charge >= 0.3 is 0 Å². The summed E-state index contributed by atoms with van der Waals surface area (Å²) in [5.41, 5.74) is 2.58. The van der Waals surface area contributed by atoms with Gasteiger partial charge in [-0.2, -0.15) is 0 Å². The van der Waals surface area contributed by atoms with Crippen molar-refractivity contribution >= 4 is 13.9 Å². The Morgan fingerprint density at radius 2 is 1.80 bits per heavy atom. The number of rotatable bonds is 1. The van der Waals surface area contributed by atoms with Gasteiger partial charge in [0.25, 0.3) is 0 Å². The van der Waals surface area contributed by atoms with Crippen LogP contribution in [0.5, 0.6) is 0 Å². The van der Waals surface area contributed by atoms with Gasteiger partial charge in [0.1, 0.15) is 7.85 Å². The summed E-state index contributed by atoms with van der Waals surface area (Å²) in [6.07, 6.45) is 2.10. The van der Waals surface area contributed by atoms with Crippen molar-refractivity contribution in [3.63, 3.8) is 0 Å². The molecule has 0 N–H and O–H groups in total. The van der Waals surface area contributed by atoms with Crippen LogP contribution in [0.25, 0.3) is 6.08 Å². The molecule has 0 heterocycles. The van der Waals surface area contributed by atoms with Crippen molar-refractivity contribution in [1.82, 2.24) is 0 Å². The Kier molecular flexibility index (Phi) is 2.32. The number of hydrogen-bond donors (Lipinski definition) is 0. The standard InChI is InChI=1S/C9H11B/c1-8-2-4-9(5-3-8)6-7-10/h2-7H,10H2,1H3/b7-6+. The predicted molar refractivity (Wildman–Crippen MR) is 48.8 cm³/mol. The summed E-state index contributed by atoms with van der Waals surface area (Å²) in [7, 11) is 2.03. The molecule has 0 nitrogen and oxygen atoms in total. The zero-order valence-corrected chi connectivity index (χ0v) is 6.46. The van der Waals surface area contributed by atoms with Gasteiger partial charge < -0.3 is 0 Å². The van der Waals surface area contributed by atoms with Gasteiger partial charge in [0, 0.05) is 0 Å². The van der Waals surface area contributed by atoms with E-state index in [1.807, 2.05) is 13.8 Å². The van der Waals surface area contributed by atoms with Crippen LogP contribution in [-0.2, 0) is 0 Å². The Bertz CT molecular complexity index is 221. The Morgan fingerprint density at radius 1 is 1.20 bits per heavy atom. The van der Waals surface area contributed by atoms with Crippen LogP contribution >= 0.6 is 0 Å². The van der Waals surface area contributed by atoms with Crippen molar-refractivity contribution in [2.45, 2.75) is 6.92 Å². The molecule has 0 aliphatic carbocycles. The van der Waals surface area contributed by atoms with E-state index in [0.29, 0.717) is 0 Å². The van der Waals surface area contributed by atoms with Crippen molar-refractivity contribution in [3.05, 3.63) is 41.4 Å². The molecule has 1 aromatic rings. The maximum Gasteiger partial charge on any atom is 0.129 e. The molecule has 0 saturated carbocycles. The fourth-order valence-electron chi connectivity index (χ4n) is 0.870. The smallest absolute Gasteiger partial charge is 0.123 e. The number of hydrogen-bond acceptors (Lipinski definition) is 0. The first-order chi connectivity index (χ1) is 4.83. The third kappa shape index (κ3) is 1.76. The van der Waals surface area contributed by atoms with Crippen molar-refractivity contribution in [3.8, 4) is 0 Å². The molecule has 0 amide bonds. The van der Waals surface area contributed by atoms with Gasteiger partial charge in [-0.05, 0) is 12.5 Å². The highest BCUT2D eigenvalue weighted by molar-refractivity contribution is 6.19. The quantitative estimate of drug-likeness (QED) is 0.506. The van der Waals surface area contributed by atoms with Gasteiger partial charge in [-0.1, -0.05) is 35.9 Å². The topological polar surface area (TPSA) is 0 Å². The summed E-state index contributed by atoms with van der Waals surface area (Å²) < 4.78 is 0. The minimum atomic E-state index is 1.27. The summed E-state index contributed by atoms with van der Waals surface area (Å²) in [5.74, 6) is 2.05. The van der Waals surface area contributed by atoms with E-state index in [0.717, 1.165) is 0 Å². The molecule has 0 atom stereocenters. The first-order valence-corrected chi connectivity index (χ1v) is 3.52. The first-order valence-electron chi connectivity index (χ1n) is 3.52. The Morgan fingerprint density at radius 3 is 2.30 bits per heavy atom. The minimum Gasteiger partial charge on any atom is -0.123 e. The lowest BCUT2D eigenvalue weighted by molar-refractivity contribution is 1.46. The monoisotopic (exact) mass is 130 g/mol. The van der Waals surface area contributed by atoms with Gasteiger partial charge in [0.2, 0.25) is 0 Å². The van der Waals surface area contributed by atoms with E-state index in [-0.39, 0.29) is 0 Å². The van der Waals surface area contributed by atoms with E-state index in [1.54, 1.807) is 0 Å². The van der Waals surface area contributed by atoms with Crippen molar-refractivity contribution < 1.29 is 0 Å². The molecular weight excluding hydrogens is 119 g/mol. The van der Waals surface area contributed by atoms with Gasteiger partial charge in [-0.15, -0.1) is 5.98 Å². The van der Waals surface area contributed by atoms with Crippen LogP contribution in [-0.4, -0.2) is 7.85 Å². The Balaban J connectivity index is 2.89. The van der Waals surface area contributed by atoms with Crippen LogP contribution in [0.15, 0.2) is 30.2 Å². The highest BCUT2D eigenvalue weighted by Gasteiger charge is 1.83. The molecule has 0 saturated heterocycles. The normalized spacial score (nSPS) is 10.5. The average molecular weight is 130 g/mol. The van der Waals surface area contributed by atoms with E-state index in [1.165, 1.54) is 11.1 Å². The minimum absolute atomic E-state index is 1.27. The van der Waals surface area contributed by atoms with Crippen LogP contribution < -0.4 is 0 Å². The fourth-order valence-corrected chi connectivity index (χ4v) is 0.870. The van der Waals surface area contributed by atoms with Gasteiger partial charge in [0.05, 0.1) is 0 Å². The lowest BCUT2D eigenvalue weighted by Crippen LogP contribution is -1.72. The number of benzene rings is 1. The highest BCUT2D eigenvalue weighted by atomic mass is 13.9. The zero-order chi connectivity index (χ0) is 7.40. The molecule has 0 aliphatic heterocycles. The molecule has 0 bridgehead atoms. The summed E-state index contributed by atoms with van der Waals surface area (Å²) in [5, 5.41) is 0. The maximum absolute atomic E-state index is 2.12. The van der Waals surface area contributed by atoms with Crippen LogP contribution in [0.2, 0.25) is 0 Å². The van der Waals surface area contributed by atoms with E-state index >= 15 is 0 Å². The third-order valence-corrected chi connectivity index (χ3v) is 1.44.